The van der Waals surface area contributed by atoms with Crippen molar-refractivity contribution in [2.24, 2.45) is 10.9 Å². The summed E-state index contributed by atoms with van der Waals surface area (Å²) in [6.07, 6.45) is 4.68. The number of hydrogen-bond donors (Lipinski definition) is 3. The highest BCUT2D eigenvalue weighted by molar-refractivity contribution is 7.89. The molecule has 0 radical (unpaired) electrons. The Bertz CT molecular complexity index is 396. The zero-order chi connectivity index (χ0) is 10.8. The Hall–Kier alpha value is -1.34. The molecule has 0 saturated carbocycles. The molecule has 0 aromatic carbocycles. The largest absolute Gasteiger partial charge is 0.351 e. The first-order valence-corrected chi connectivity index (χ1v) is 5.47. The number of urea groups is 1. The topological polar surface area (TPSA) is 115 Å². The number of allylic oxidation sites excluding steroid dienone is 2. The molecule has 6 nitrogen and oxygen atoms in total. The summed E-state index contributed by atoms with van der Waals surface area (Å²) in [5.41, 5.74) is 5.36. The number of nitrogens with two attached hydrogens (primary N) is 2. The van der Waals surface area contributed by atoms with E-state index in [0.717, 1.165) is 0 Å². The molecule has 0 aromatic heterocycles. The van der Waals surface area contributed by atoms with Crippen LogP contribution in [0.2, 0.25) is 0 Å². The molecule has 0 aromatic rings. The SMILES string of the molecule is NC(=O)NC1=CCC(S(N)(=O)=O)C=C1. The number of nitrogens with one attached hydrogen (secondary N) is 1. The maximum absolute atomic E-state index is 10.9. The van der Waals surface area contributed by atoms with Crippen LogP contribution in [0, 0.1) is 0 Å². The molecule has 1 aliphatic rings. The van der Waals surface area contributed by atoms with Gasteiger partial charge in [0.15, 0.2) is 0 Å². The average Bonchev–Trinajstić information content (AvgIpc) is 2.02. The van der Waals surface area contributed by atoms with Crippen molar-refractivity contribution >= 4 is 16.1 Å². The Labute approximate surface area is 81.7 Å². The van der Waals surface area contributed by atoms with Crippen LogP contribution in [0.1, 0.15) is 6.42 Å². The minimum Gasteiger partial charge on any atom is -0.351 e. The molecule has 1 aliphatic carbocycles. The van der Waals surface area contributed by atoms with Gasteiger partial charge in [-0.3, -0.25) is 0 Å². The molecule has 5 N–H and O–H groups in total. The van der Waals surface area contributed by atoms with Gasteiger partial charge in [-0.15, -0.1) is 0 Å². The van der Waals surface area contributed by atoms with Gasteiger partial charge in [0, 0.05) is 5.70 Å². The van der Waals surface area contributed by atoms with Gasteiger partial charge in [0.25, 0.3) is 0 Å². The maximum Gasteiger partial charge on any atom is 0.316 e. The Morgan fingerprint density at radius 3 is 2.57 bits per heavy atom. The Balaban J connectivity index is 2.67. The van der Waals surface area contributed by atoms with E-state index in [1.54, 1.807) is 6.08 Å². The van der Waals surface area contributed by atoms with Gasteiger partial charge in [-0.05, 0) is 12.5 Å². The Morgan fingerprint density at radius 1 is 1.57 bits per heavy atom. The molecule has 0 bridgehead atoms. The van der Waals surface area contributed by atoms with Crippen LogP contribution in [-0.2, 0) is 10.0 Å². The molecule has 0 saturated heterocycles. The number of amides is 2. The molecule has 1 atom stereocenters. The normalized spacial score (nSPS) is 21.5. The summed E-state index contributed by atoms with van der Waals surface area (Å²) in [5, 5.41) is 6.55. The fourth-order valence-electron chi connectivity index (χ4n) is 1.08. The zero-order valence-corrected chi connectivity index (χ0v) is 8.12. The molecular formula is C7H11N3O3S. The average molecular weight is 217 g/mol. The third-order valence-corrected chi connectivity index (χ3v) is 2.94. The Kier molecular flexibility index (Phi) is 2.92. The van der Waals surface area contributed by atoms with Gasteiger partial charge in [-0.1, -0.05) is 12.2 Å². The van der Waals surface area contributed by atoms with E-state index in [2.05, 4.69) is 5.32 Å². The summed E-state index contributed by atoms with van der Waals surface area (Å²) < 4.78 is 21.8. The van der Waals surface area contributed by atoms with E-state index < -0.39 is 21.3 Å². The number of carbonyl (C=O) groups is 1. The second kappa shape index (κ2) is 3.81. The van der Waals surface area contributed by atoms with E-state index in [9.17, 15) is 13.2 Å². The lowest BCUT2D eigenvalue weighted by atomic mass is 10.1. The summed E-state index contributed by atoms with van der Waals surface area (Å²) in [6, 6.07) is -0.685. The smallest absolute Gasteiger partial charge is 0.316 e. The lowest BCUT2D eigenvalue weighted by molar-refractivity contribution is 0.251. The first-order chi connectivity index (χ1) is 6.39. The number of rotatable bonds is 2. The van der Waals surface area contributed by atoms with Crippen molar-refractivity contribution < 1.29 is 13.2 Å². The number of hydrogen-bond acceptors (Lipinski definition) is 3. The van der Waals surface area contributed by atoms with Crippen molar-refractivity contribution in [3.05, 3.63) is 23.9 Å². The van der Waals surface area contributed by atoms with Crippen molar-refractivity contribution in [2.75, 3.05) is 0 Å². The van der Waals surface area contributed by atoms with Crippen LogP contribution in [0.25, 0.3) is 0 Å². The lowest BCUT2D eigenvalue weighted by Gasteiger charge is -2.13. The molecule has 1 unspecified atom stereocenters. The summed E-state index contributed by atoms with van der Waals surface area (Å²) >= 11 is 0. The molecule has 14 heavy (non-hydrogen) atoms. The molecular weight excluding hydrogens is 206 g/mol. The molecule has 0 heterocycles. The van der Waals surface area contributed by atoms with Gasteiger partial charge in [0.1, 0.15) is 0 Å². The standard InChI is InChI=1S/C7H11N3O3S/c8-7(11)10-5-1-3-6(4-2-5)14(9,12)13/h1-3,6H,4H2,(H3,8,10,11)(H2,9,12,13). The molecule has 1 rings (SSSR count). The molecule has 0 aliphatic heterocycles. The van der Waals surface area contributed by atoms with Crippen molar-refractivity contribution in [3.63, 3.8) is 0 Å². The van der Waals surface area contributed by atoms with Gasteiger partial charge in [-0.25, -0.2) is 18.4 Å². The molecule has 0 fully saturated rings. The van der Waals surface area contributed by atoms with Crippen LogP contribution in [0.4, 0.5) is 4.79 Å². The van der Waals surface area contributed by atoms with Crippen molar-refractivity contribution in [1.29, 1.82) is 0 Å². The minimum atomic E-state index is -3.55. The van der Waals surface area contributed by atoms with Crippen LogP contribution in [0.5, 0.6) is 0 Å². The van der Waals surface area contributed by atoms with E-state index in [0.29, 0.717) is 5.70 Å². The third kappa shape index (κ3) is 2.86. The summed E-state index contributed by atoms with van der Waals surface area (Å²) in [6.45, 7) is 0. The van der Waals surface area contributed by atoms with Gasteiger partial charge >= 0.3 is 6.03 Å². The van der Waals surface area contributed by atoms with Gasteiger partial charge in [0.2, 0.25) is 10.0 Å². The highest BCUT2D eigenvalue weighted by Gasteiger charge is 2.19. The van der Waals surface area contributed by atoms with Crippen molar-refractivity contribution in [1.82, 2.24) is 5.32 Å². The van der Waals surface area contributed by atoms with E-state index in [4.69, 9.17) is 10.9 Å². The van der Waals surface area contributed by atoms with E-state index >= 15 is 0 Å². The van der Waals surface area contributed by atoms with E-state index in [-0.39, 0.29) is 6.42 Å². The van der Waals surface area contributed by atoms with Gasteiger partial charge < -0.3 is 11.1 Å². The highest BCUT2D eigenvalue weighted by atomic mass is 32.2. The Morgan fingerprint density at radius 2 is 2.21 bits per heavy atom. The molecule has 2 amide bonds. The van der Waals surface area contributed by atoms with E-state index in [1.165, 1.54) is 12.2 Å². The quantitative estimate of drug-likeness (QED) is 0.559. The number of primary amides is 1. The van der Waals surface area contributed by atoms with Crippen LogP contribution in [0.15, 0.2) is 23.9 Å². The van der Waals surface area contributed by atoms with Gasteiger partial charge in [-0.2, -0.15) is 0 Å². The minimum absolute atomic E-state index is 0.241. The maximum atomic E-state index is 10.9. The van der Waals surface area contributed by atoms with Crippen LogP contribution >= 0.6 is 0 Å². The fourth-order valence-corrected chi connectivity index (χ4v) is 1.74. The van der Waals surface area contributed by atoms with Crippen LogP contribution in [-0.4, -0.2) is 19.7 Å². The second-order valence-electron chi connectivity index (χ2n) is 2.87. The molecule has 78 valence electrons. The lowest BCUT2D eigenvalue weighted by Crippen LogP contribution is -2.31. The molecule has 7 heteroatoms. The number of primary sulfonamides is 1. The van der Waals surface area contributed by atoms with Crippen LogP contribution in [0.3, 0.4) is 0 Å². The van der Waals surface area contributed by atoms with Gasteiger partial charge in [0.05, 0.1) is 5.25 Å². The second-order valence-corrected chi connectivity index (χ2v) is 4.65. The number of sulfonamides is 1. The third-order valence-electron chi connectivity index (χ3n) is 1.75. The summed E-state index contributed by atoms with van der Waals surface area (Å²) in [4.78, 5) is 10.4. The summed E-state index contributed by atoms with van der Waals surface area (Å²) in [5.74, 6) is 0. The van der Waals surface area contributed by atoms with E-state index in [1.807, 2.05) is 0 Å². The van der Waals surface area contributed by atoms with Crippen molar-refractivity contribution in [2.45, 2.75) is 11.7 Å². The predicted octanol–water partition coefficient (Wildman–Crippen LogP) is -0.844. The summed E-state index contributed by atoms with van der Waals surface area (Å²) in [7, 11) is -3.55. The fraction of sp³-hybridized carbons (Fsp3) is 0.286. The van der Waals surface area contributed by atoms with Crippen LogP contribution < -0.4 is 16.2 Å². The first-order valence-electron chi connectivity index (χ1n) is 3.86. The zero-order valence-electron chi connectivity index (χ0n) is 7.30. The number of carbonyl (C=O) groups excluding carboxylic acids is 1. The monoisotopic (exact) mass is 217 g/mol. The first kappa shape index (κ1) is 10.7. The predicted molar refractivity (Wildman–Crippen MR) is 51.5 cm³/mol. The molecule has 0 spiro atoms. The highest BCUT2D eigenvalue weighted by Crippen LogP contribution is 2.13. The van der Waals surface area contributed by atoms with Crippen molar-refractivity contribution in [3.8, 4) is 0 Å².